The summed E-state index contributed by atoms with van der Waals surface area (Å²) >= 11 is 0. The summed E-state index contributed by atoms with van der Waals surface area (Å²) in [5.74, 6) is 1.15. The maximum atomic E-state index is 13.3. The number of rotatable bonds is 3. The lowest BCUT2D eigenvalue weighted by molar-refractivity contribution is -0.134. The number of piperazine rings is 1. The lowest BCUT2D eigenvalue weighted by atomic mass is 9.93. The van der Waals surface area contributed by atoms with Gasteiger partial charge in [-0.3, -0.25) is 14.5 Å². The van der Waals surface area contributed by atoms with Crippen LogP contribution in [0.25, 0.3) is 0 Å². The zero-order valence-electron chi connectivity index (χ0n) is 15.8. The van der Waals surface area contributed by atoms with Crippen LogP contribution in [-0.2, 0) is 4.79 Å². The molecule has 1 aromatic rings. The highest BCUT2D eigenvalue weighted by Gasteiger charge is 2.59. The van der Waals surface area contributed by atoms with Crippen molar-refractivity contribution in [1.29, 1.82) is 0 Å². The average molecular weight is 373 g/mol. The zero-order valence-corrected chi connectivity index (χ0v) is 15.8. The number of nitrogens with zero attached hydrogens (tertiary/aromatic N) is 5. The highest BCUT2D eigenvalue weighted by Crippen LogP contribution is 2.44. The van der Waals surface area contributed by atoms with Gasteiger partial charge in [0.25, 0.3) is 5.91 Å². The topological polar surface area (TPSA) is 73.1 Å². The van der Waals surface area contributed by atoms with E-state index in [9.17, 15) is 9.59 Å². The smallest absolute Gasteiger partial charge is 0.291 e. The molecule has 0 aromatic carbocycles. The monoisotopic (exact) mass is 373 g/mol. The predicted molar refractivity (Wildman–Crippen MR) is 96.8 cm³/mol. The first kappa shape index (κ1) is 17.2. The first-order chi connectivity index (χ1) is 13.1. The van der Waals surface area contributed by atoms with Crippen molar-refractivity contribution < 1.29 is 14.0 Å². The number of carbonyl (C=O) groups is 2. The van der Waals surface area contributed by atoms with Crippen LogP contribution in [-0.4, -0.2) is 94.4 Å². The fraction of sp³-hybridized carbons (Fsp3) is 0.737. The van der Waals surface area contributed by atoms with Gasteiger partial charge < -0.3 is 19.1 Å². The van der Waals surface area contributed by atoms with Gasteiger partial charge in [0.05, 0.1) is 6.20 Å². The summed E-state index contributed by atoms with van der Waals surface area (Å²) in [6.07, 6.45) is 6.86. The van der Waals surface area contributed by atoms with Crippen LogP contribution < -0.4 is 0 Å². The van der Waals surface area contributed by atoms with E-state index < -0.39 is 0 Å². The maximum Gasteiger partial charge on any atom is 0.291 e. The van der Waals surface area contributed by atoms with E-state index in [-0.39, 0.29) is 17.6 Å². The van der Waals surface area contributed by atoms with Gasteiger partial charge in [-0.15, -0.1) is 0 Å². The molecule has 8 heteroatoms. The van der Waals surface area contributed by atoms with E-state index in [1.54, 1.807) is 0 Å². The van der Waals surface area contributed by atoms with Gasteiger partial charge in [0, 0.05) is 52.1 Å². The minimum absolute atomic E-state index is 0.0287. The molecule has 4 aliphatic rings. The molecular weight excluding hydrogens is 346 g/mol. The molecule has 5 rings (SSSR count). The van der Waals surface area contributed by atoms with Gasteiger partial charge >= 0.3 is 0 Å². The number of likely N-dealkylation sites (N-methyl/N-ethyl adjacent to an activating group) is 1. The molecule has 8 nitrogen and oxygen atoms in total. The van der Waals surface area contributed by atoms with Gasteiger partial charge in [0.15, 0.2) is 6.39 Å². The van der Waals surface area contributed by atoms with Crippen LogP contribution >= 0.6 is 0 Å². The van der Waals surface area contributed by atoms with Crippen LogP contribution in [0.15, 0.2) is 17.0 Å². The molecule has 1 aliphatic carbocycles. The van der Waals surface area contributed by atoms with E-state index in [1.165, 1.54) is 25.4 Å². The molecule has 4 fully saturated rings. The van der Waals surface area contributed by atoms with Crippen LogP contribution in [0.5, 0.6) is 0 Å². The molecule has 3 aliphatic heterocycles. The number of amides is 2. The van der Waals surface area contributed by atoms with Crippen molar-refractivity contribution in [2.24, 2.45) is 5.92 Å². The lowest BCUT2D eigenvalue weighted by Gasteiger charge is -2.50. The summed E-state index contributed by atoms with van der Waals surface area (Å²) in [5.41, 5.74) is -0.218. The Balaban J connectivity index is 1.38. The largest absolute Gasteiger partial charge is 0.438 e. The average Bonchev–Trinajstić information content (AvgIpc) is 3.28. The Morgan fingerprint density at radius 3 is 2.70 bits per heavy atom. The van der Waals surface area contributed by atoms with Crippen molar-refractivity contribution in [1.82, 2.24) is 24.6 Å². The molecule has 0 radical (unpaired) electrons. The molecule has 3 saturated heterocycles. The number of oxazole rings is 1. The number of fused-ring (bicyclic) bond motifs is 2. The van der Waals surface area contributed by atoms with E-state index in [0.717, 1.165) is 39.0 Å². The van der Waals surface area contributed by atoms with Crippen LogP contribution in [0.3, 0.4) is 0 Å². The van der Waals surface area contributed by atoms with Gasteiger partial charge in [-0.25, -0.2) is 4.98 Å². The fourth-order valence-electron chi connectivity index (χ4n) is 5.09. The van der Waals surface area contributed by atoms with Crippen LogP contribution in [0.4, 0.5) is 0 Å². The Morgan fingerprint density at radius 2 is 2.04 bits per heavy atom. The molecule has 0 unspecified atom stereocenters. The van der Waals surface area contributed by atoms with Gasteiger partial charge in [-0.2, -0.15) is 0 Å². The summed E-state index contributed by atoms with van der Waals surface area (Å²) in [6.45, 7) is 4.89. The third-order valence-corrected chi connectivity index (χ3v) is 6.80. The highest BCUT2D eigenvalue weighted by atomic mass is 16.3. The molecular formula is C19H27N5O3. The molecule has 0 bridgehead atoms. The van der Waals surface area contributed by atoms with E-state index in [4.69, 9.17) is 4.42 Å². The molecule has 0 N–H and O–H groups in total. The molecule has 1 aromatic heterocycles. The predicted octanol–water partition coefficient (Wildman–Crippen LogP) is 0.475. The normalized spacial score (nSPS) is 28.8. The number of hydrogen-bond donors (Lipinski definition) is 0. The lowest BCUT2D eigenvalue weighted by Crippen LogP contribution is -2.63. The van der Waals surface area contributed by atoms with E-state index in [1.807, 2.05) is 4.90 Å². The van der Waals surface area contributed by atoms with Gasteiger partial charge in [0.2, 0.25) is 11.7 Å². The van der Waals surface area contributed by atoms with Crippen LogP contribution in [0.2, 0.25) is 0 Å². The Morgan fingerprint density at radius 1 is 1.26 bits per heavy atom. The van der Waals surface area contributed by atoms with E-state index in [2.05, 4.69) is 26.7 Å². The quantitative estimate of drug-likeness (QED) is 0.767. The van der Waals surface area contributed by atoms with E-state index >= 15 is 0 Å². The summed E-state index contributed by atoms with van der Waals surface area (Å²) in [4.78, 5) is 38.5. The summed E-state index contributed by atoms with van der Waals surface area (Å²) in [6, 6.07) is -0.0287. The third-order valence-electron chi connectivity index (χ3n) is 6.80. The minimum atomic E-state index is -0.218. The first-order valence-electron chi connectivity index (χ1n) is 10.0. The molecule has 1 saturated carbocycles. The Bertz CT molecular complexity index is 724. The molecule has 1 spiro atoms. The molecule has 27 heavy (non-hydrogen) atoms. The van der Waals surface area contributed by atoms with Crippen LogP contribution in [0, 0.1) is 5.92 Å². The molecule has 2 amide bonds. The second kappa shape index (κ2) is 6.31. The summed E-state index contributed by atoms with van der Waals surface area (Å²) in [7, 11) is 2.10. The zero-order chi connectivity index (χ0) is 18.6. The number of hydrogen-bond acceptors (Lipinski definition) is 6. The Kier molecular flexibility index (Phi) is 4.01. The van der Waals surface area contributed by atoms with Gasteiger partial charge in [-0.05, 0) is 25.8 Å². The maximum absolute atomic E-state index is 13.3. The minimum Gasteiger partial charge on any atom is -0.438 e. The number of piperidine rings is 1. The van der Waals surface area contributed by atoms with Crippen molar-refractivity contribution in [2.45, 2.75) is 37.4 Å². The van der Waals surface area contributed by atoms with Crippen molar-refractivity contribution in [3.63, 3.8) is 0 Å². The van der Waals surface area contributed by atoms with Crippen LogP contribution in [0.1, 0.15) is 36.2 Å². The van der Waals surface area contributed by atoms with Crippen molar-refractivity contribution in [2.75, 3.05) is 46.3 Å². The molecule has 4 heterocycles. The second-order valence-corrected chi connectivity index (χ2v) is 8.50. The molecule has 146 valence electrons. The van der Waals surface area contributed by atoms with Gasteiger partial charge in [0.1, 0.15) is 11.7 Å². The molecule has 1 atom stereocenters. The standard InChI is InChI=1S/C19H27N5O3/c1-21-8-9-23-15(12-21)17(25)24(11-14-2-3-14)19(23)4-6-22(7-5-19)18(26)16-10-20-13-27-16/h10,13-15H,2-9,11-12H2,1H3/t15-/m1/s1. The van der Waals surface area contributed by atoms with Crippen molar-refractivity contribution >= 4 is 11.8 Å². The van der Waals surface area contributed by atoms with E-state index in [0.29, 0.717) is 30.7 Å². The first-order valence-corrected chi connectivity index (χ1v) is 10.0. The fourth-order valence-corrected chi connectivity index (χ4v) is 5.09. The number of carbonyl (C=O) groups excluding carboxylic acids is 2. The summed E-state index contributed by atoms with van der Waals surface area (Å²) < 4.78 is 5.18. The highest BCUT2D eigenvalue weighted by molar-refractivity contribution is 5.91. The Labute approximate surface area is 159 Å². The number of aromatic nitrogens is 1. The van der Waals surface area contributed by atoms with Gasteiger partial charge in [-0.1, -0.05) is 0 Å². The Hall–Kier alpha value is -1.93. The second-order valence-electron chi connectivity index (χ2n) is 8.50. The van der Waals surface area contributed by atoms with Crippen molar-refractivity contribution in [3.8, 4) is 0 Å². The SMILES string of the molecule is CN1CCN2[C@H](C1)C(=O)N(CC1CC1)C21CCN(C(=O)c2cnco2)CC1. The third kappa shape index (κ3) is 2.77. The number of likely N-dealkylation sites (tertiary alicyclic amines) is 1. The van der Waals surface area contributed by atoms with Crippen molar-refractivity contribution in [3.05, 3.63) is 18.4 Å². The summed E-state index contributed by atoms with van der Waals surface area (Å²) in [5, 5.41) is 0.